The second-order valence-electron chi connectivity index (χ2n) is 6.56. The van der Waals surface area contributed by atoms with Crippen LogP contribution < -0.4 is 14.8 Å². The van der Waals surface area contributed by atoms with Gasteiger partial charge >= 0.3 is 0 Å². The van der Waals surface area contributed by atoms with Crippen LogP contribution in [0.2, 0.25) is 5.02 Å². The second kappa shape index (κ2) is 8.25. The maximum atomic E-state index is 12.0. The fourth-order valence-corrected chi connectivity index (χ4v) is 3.51. The molecule has 0 unspecified atom stereocenters. The molecular formula is C18H25ClN2O4. The lowest BCUT2D eigenvalue weighted by atomic mass is 10.1. The average Bonchev–Trinajstić information content (AvgIpc) is 3.18. The van der Waals surface area contributed by atoms with E-state index < -0.39 is 6.10 Å². The van der Waals surface area contributed by atoms with Crippen molar-refractivity contribution in [2.45, 2.75) is 51.3 Å². The Balaban J connectivity index is 1.47. The number of benzene rings is 1. The number of nitrogens with zero attached hydrogens (tertiary/aromatic N) is 1. The van der Waals surface area contributed by atoms with Crippen LogP contribution in [-0.4, -0.2) is 47.9 Å². The van der Waals surface area contributed by atoms with Gasteiger partial charge in [0.1, 0.15) is 0 Å². The lowest BCUT2D eigenvalue weighted by Crippen LogP contribution is -2.40. The van der Waals surface area contributed by atoms with Crippen LogP contribution in [0.25, 0.3) is 0 Å². The molecule has 138 valence electrons. The topological polar surface area (TPSA) is 71.0 Å². The minimum Gasteiger partial charge on any atom is -0.454 e. The summed E-state index contributed by atoms with van der Waals surface area (Å²) in [5.74, 6) is 1.56. The highest BCUT2D eigenvalue weighted by Gasteiger charge is 2.31. The van der Waals surface area contributed by atoms with Crippen molar-refractivity contribution in [1.29, 1.82) is 0 Å². The number of ether oxygens (including phenoxy) is 2. The molecule has 1 amide bonds. The highest BCUT2D eigenvalue weighted by atomic mass is 35.5. The molecule has 1 saturated heterocycles. The van der Waals surface area contributed by atoms with Crippen molar-refractivity contribution in [2.24, 2.45) is 0 Å². The Morgan fingerprint density at radius 3 is 2.92 bits per heavy atom. The number of β-amino-alcohol motifs (C(OH)–C–C–N with tert-alkyl or cyclic N) is 1. The van der Waals surface area contributed by atoms with Gasteiger partial charge in [-0.1, -0.05) is 18.5 Å². The summed E-state index contributed by atoms with van der Waals surface area (Å²) in [6.45, 7) is 4.01. The van der Waals surface area contributed by atoms with E-state index in [1.807, 2.05) is 17.9 Å². The Hall–Kier alpha value is -1.50. The number of aliphatic hydroxyl groups is 1. The molecule has 2 heterocycles. The minimum atomic E-state index is -0.440. The van der Waals surface area contributed by atoms with Crippen LogP contribution in [0.4, 0.5) is 0 Å². The minimum absolute atomic E-state index is 0.149. The SMILES string of the molecule is CC[C@@H](O)CN1C(=O)CC[C@@H]1CCNCc1cc2c(cc1Cl)OCO2. The first-order valence-electron chi connectivity index (χ1n) is 8.84. The number of aliphatic hydroxyl groups excluding tert-OH is 1. The Morgan fingerprint density at radius 1 is 1.40 bits per heavy atom. The van der Waals surface area contributed by atoms with E-state index in [1.165, 1.54) is 0 Å². The molecule has 0 bridgehead atoms. The van der Waals surface area contributed by atoms with Gasteiger partial charge in [0.05, 0.1) is 6.10 Å². The molecule has 0 spiro atoms. The van der Waals surface area contributed by atoms with Gasteiger partial charge in [-0.2, -0.15) is 0 Å². The van der Waals surface area contributed by atoms with Crippen LogP contribution in [0.1, 0.15) is 38.2 Å². The van der Waals surface area contributed by atoms with Crippen LogP contribution in [0.5, 0.6) is 11.5 Å². The number of hydrogen-bond acceptors (Lipinski definition) is 5. The van der Waals surface area contributed by atoms with E-state index in [9.17, 15) is 9.90 Å². The molecule has 0 aromatic heterocycles. The fraction of sp³-hybridized carbons (Fsp3) is 0.611. The van der Waals surface area contributed by atoms with Gasteiger partial charge in [0.15, 0.2) is 11.5 Å². The van der Waals surface area contributed by atoms with E-state index in [4.69, 9.17) is 21.1 Å². The summed E-state index contributed by atoms with van der Waals surface area (Å²) in [6.07, 6.45) is 2.53. The van der Waals surface area contributed by atoms with Gasteiger partial charge in [-0.25, -0.2) is 0 Å². The maximum Gasteiger partial charge on any atom is 0.231 e. The van der Waals surface area contributed by atoms with Gasteiger partial charge in [0, 0.05) is 36.6 Å². The fourth-order valence-electron chi connectivity index (χ4n) is 3.29. The van der Waals surface area contributed by atoms with E-state index in [0.717, 1.165) is 30.7 Å². The van der Waals surface area contributed by atoms with Crippen LogP contribution >= 0.6 is 11.6 Å². The standard InChI is InChI=1S/C18H25ClN2O4/c1-2-14(22)10-21-13(3-4-18(21)23)5-6-20-9-12-7-16-17(8-15(12)19)25-11-24-16/h7-8,13-14,20,22H,2-6,9-11H2,1H3/t13-,14-/m1/s1. The predicted molar refractivity (Wildman–Crippen MR) is 94.9 cm³/mol. The Morgan fingerprint density at radius 2 is 2.16 bits per heavy atom. The van der Waals surface area contributed by atoms with Gasteiger partial charge in [0.2, 0.25) is 12.7 Å². The molecule has 1 aromatic rings. The monoisotopic (exact) mass is 368 g/mol. The molecule has 2 aliphatic rings. The van der Waals surface area contributed by atoms with E-state index in [-0.39, 0.29) is 18.7 Å². The number of hydrogen-bond donors (Lipinski definition) is 2. The van der Waals surface area contributed by atoms with Crippen molar-refractivity contribution in [3.8, 4) is 11.5 Å². The van der Waals surface area contributed by atoms with Crippen molar-refractivity contribution in [3.05, 3.63) is 22.7 Å². The molecule has 1 aromatic carbocycles. The van der Waals surface area contributed by atoms with Crippen LogP contribution in [-0.2, 0) is 11.3 Å². The number of rotatable bonds is 8. The number of likely N-dealkylation sites (tertiary alicyclic amines) is 1. The van der Waals surface area contributed by atoms with Gasteiger partial charge in [-0.05, 0) is 37.4 Å². The van der Waals surface area contributed by atoms with Crippen LogP contribution in [0.15, 0.2) is 12.1 Å². The smallest absolute Gasteiger partial charge is 0.231 e. The maximum absolute atomic E-state index is 12.0. The molecule has 0 saturated carbocycles. The number of halogens is 1. The van der Waals surface area contributed by atoms with Crippen LogP contribution in [0, 0.1) is 0 Å². The summed E-state index contributed by atoms with van der Waals surface area (Å²) in [5, 5.41) is 13.9. The molecule has 2 aliphatic heterocycles. The number of nitrogens with one attached hydrogen (secondary N) is 1. The van der Waals surface area contributed by atoms with Crippen molar-refractivity contribution in [2.75, 3.05) is 19.9 Å². The molecule has 3 rings (SSSR count). The number of carbonyl (C=O) groups is 1. The molecule has 6 nitrogen and oxygen atoms in total. The normalized spacial score (nSPS) is 20.4. The van der Waals surface area contributed by atoms with Crippen molar-refractivity contribution in [3.63, 3.8) is 0 Å². The van der Waals surface area contributed by atoms with Gasteiger partial charge in [-0.3, -0.25) is 4.79 Å². The van der Waals surface area contributed by atoms with Gasteiger partial charge in [0.25, 0.3) is 0 Å². The van der Waals surface area contributed by atoms with E-state index in [2.05, 4.69) is 5.32 Å². The molecule has 0 radical (unpaired) electrons. The third-order valence-corrected chi connectivity index (χ3v) is 5.19. The van der Waals surface area contributed by atoms with Gasteiger partial charge < -0.3 is 24.8 Å². The molecule has 25 heavy (non-hydrogen) atoms. The van der Waals surface area contributed by atoms with E-state index in [0.29, 0.717) is 36.7 Å². The molecule has 0 aliphatic carbocycles. The summed E-state index contributed by atoms with van der Waals surface area (Å²) < 4.78 is 10.7. The summed E-state index contributed by atoms with van der Waals surface area (Å²) in [6, 6.07) is 3.89. The summed E-state index contributed by atoms with van der Waals surface area (Å²) in [5.41, 5.74) is 0.965. The highest BCUT2D eigenvalue weighted by molar-refractivity contribution is 6.31. The largest absolute Gasteiger partial charge is 0.454 e. The van der Waals surface area contributed by atoms with Crippen molar-refractivity contribution < 1.29 is 19.4 Å². The first-order chi connectivity index (χ1) is 12.1. The summed E-state index contributed by atoms with van der Waals surface area (Å²) >= 11 is 6.27. The summed E-state index contributed by atoms with van der Waals surface area (Å²) in [7, 11) is 0. The van der Waals surface area contributed by atoms with E-state index in [1.54, 1.807) is 6.07 Å². The predicted octanol–water partition coefficient (Wildman–Crippen LogP) is 2.31. The Labute approximate surface area is 153 Å². The van der Waals surface area contributed by atoms with Gasteiger partial charge in [-0.15, -0.1) is 0 Å². The molecule has 2 atom stereocenters. The quantitative estimate of drug-likeness (QED) is 0.689. The zero-order chi connectivity index (χ0) is 17.8. The van der Waals surface area contributed by atoms with Crippen molar-refractivity contribution in [1.82, 2.24) is 10.2 Å². The highest BCUT2D eigenvalue weighted by Crippen LogP contribution is 2.36. The van der Waals surface area contributed by atoms with Crippen LogP contribution in [0.3, 0.4) is 0 Å². The zero-order valence-corrected chi connectivity index (χ0v) is 15.2. The number of amides is 1. The first kappa shape index (κ1) is 18.3. The Bertz CT molecular complexity index is 625. The molecule has 2 N–H and O–H groups in total. The third-order valence-electron chi connectivity index (χ3n) is 4.84. The molecular weight excluding hydrogens is 344 g/mol. The number of fused-ring (bicyclic) bond motifs is 1. The lowest BCUT2D eigenvalue weighted by molar-refractivity contribution is -0.130. The number of carbonyl (C=O) groups excluding carboxylic acids is 1. The first-order valence-corrected chi connectivity index (χ1v) is 9.22. The lowest BCUT2D eigenvalue weighted by Gasteiger charge is -2.27. The third kappa shape index (κ3) is 4.37. The second-order valence-corrected chi connectivity index (χ2v) is 6.97. The summed E-state index contributed by atoms with van der Waals surface area (Å²) in [4.78, 5) is 13.8. The van der Waals surface area contributed by atoms with Crippen molar-refractivity contribution >= 4 is 17.5 Å². The van der Waals surface area contributed by atoms with E-state index >= 15 is 0 Å². The molecule has 1 fully saturated rings. The molecule has 7 heteroatoms. The average molecular weight is 369 g/mol. The Kier molecular flexibility index (Phi) is 6.04. The zero-order valence-electron chi connectivity index (χ0n) is 14.5.